The predicted octanol–water partition coefficient (Wildman–Crippen LogP) is 1.17. The average Bonchev–Trinajstić information content (AvgIpc) is 2.29. The fourth-order valence-corrected chi connectivity index (χ4v) is 2.76. The lowest BCUT2D eigenvalue weighted by atomic mass is 10.3. The van der Waals surface area contributed by atoms with Crippen molar-refractivity contribution < 1.29 is 13.2 Å². The van der Waals surface area contributed by atoms with Gasteiger partial charge in [0.1, 0.15) is 5.75 Å². The van der Waals surface area contributed by atoms with Crippen LogP contribution in [-0.4, -0.2) is 27.3 Å². The van der Waals surface area contributed by atoms with Crippen LogP contribution in [0.15, 0.2) is 24.3 Å². The van der Waals surface area contributed by atoms with Crippen molar-refractivity contribution in [1.82, 2.24) is 0 Å². The summed E-state index contributed by atoms with van der Waals surface area (Å²) in [6.45, 7) is 1.90. The van der Waals surface area contributed by atoms with Gasteiger partial charge in [-0.05, 0) is 18.6 Å². The summed E-state index contributed by atoms with van der Waals surface area (Å²) in [5, 5.41) is -0.575. The number of nitrogens with one attached hydrogen (secondary N) is 1. The number of ether oxygens (including phenoxy) is 1. The quantitative estimate of drug-likeness (QED) is 0.802. The molecule has 96 valence electrons. The highest BCUT2D eigenvalue weighted by Crippen LogP contribution is 2.19. The number of nitrogens with two attached hydrogens (primary N) is 1. The fraction of sp³-hybridized carbons (Fsp3) is 0.455. The molecule has 0 amide bonds. The highest BCUT2D eigenvalue weighted by Gasteiger charge is 2.22. The van der Waals surface area contributed by atoms with Crippen molar-refractivity contribution in [3.05, 3.63) is 24.3 Å². The molecule has 3 N–H and O–H groups in total. The first-order valence-electron chi connectivity index (χ1n) is 5.39. The molecule has 6 heteroatoms. The summed E-state index contributed by atoms with van der Waals surface area (Å²) in [6, 6.07) is 6.77. The smallest absolute Gasteiger partial charge is 0.236 e. The zero-order valence-electron chi connectivity index (χ0n) is 10.0. The summed E-state index contributed by atoms with van der Waals surface area (Å²) in [5.41, 5.74) is 5.92. The molecule has 1 rings (SSSR count). The van der Waals surface area contributed by atoms with Crippen LogP contribution in [0.2, 0.25) is 0 Å². The monoisotopic (exact) mass is 258 g/mol. The molecule has 0 aliphatic carbocycles. The Morgan fingerprint density at radius 3 is 2.71 bits per heavy atom. The van der Waals surface area contributed by atoms with E-state index in [2.05, 4.69) is 4.72 Å². The largest absolute Gasteiger partial charge is 0.497 e. The molecule has 0 saturated heterocycles. The molecule has 0 saturated carbocycles. The first kappa shape index (κ1) is 13.8. The number of anilines is 1. The van der Waals surface area contributed by atoms with E-state index in [4.69, 9.17) is 10.5 Å². The van der Waals surface area contributed by atoms with Crippen molar-refractivity contribution in [2.45, 2.75) is 18.6 Å². The summed E-state index contributed by atoms with van der Waals surface area (Å²) in [7, 11) is -1.90. The van der Waals surface area contributed by atoms with Crippen molar-refractivity contribution >= 4 is 15.7 Å². The Balaban J connectivity index is 2.89. The second-order valence-corrected chi connectivity index (χ2v) is 5.61. The number of methoxy groups -OCH3 is 1. The molecule has 1 aromatic rings. The molecule has 0 fully saturated rings. The Kier molecular flexibility index (Phi) is 4.77. The van der Waals surface area contributed by atoms with E-state index in [1.165, 1.54) is 7.11 Å². The molecule has 0 heterocycles. The van der Waals surface area contributed by atoms with Gasteiger partial charge in [-0.1, -0.05) is 13.0 Å². The van der Waals surface area contributed by atoms with Gasteiger partial charge in [0.25, 0.3) is 0 Å². The zero-order valence-corrected chi connectivity index (χ0v) is 10.8. The second-order valence-electron chi connectivity index (χ2n) is 3.64. The number of sulfonamides is 1. The molecule has 0 spiro atoms. The van der Waals surface area contributed by atoms with Crippen molar-refractivity contribution in [1.29, 1.82) is 0 Å². The van der Waals surface area contributed by atoms with Gasteiger partial charge < -0.3 is 10.5 Å². The molecule has 0 aliphatic heterocycles. The van der Waals surface area contributed by atoms with Gasteiger partial charge in [-0.3, -0.25) is 4.72 Å². The van der Waals surface area contributed by atoms with Gasteiger partial charge in [-0.25, -0.2) is 8.42 Å². The number of hydrogen-bond acceptors (Lipinski definition) is 4. The fourth-order valence-electron chi connectivity index (χ4n) is 1.45. The minimum Gasteiger partial charge on any atom is -0.497 e. The van der Waals surface area contributed by atoms with Gasteiger partial charge in [0.15, 0.2) is 0 Å². The van der Waals surface area contributed by atoms with Crippen LogP contribution < -0.4 is 15.2 Å². The molecule has 1 unspecified atom stereocenters. The average molecular weight is 258 g/mol. The van der Waals surface area contributed by atoms with Crippen LogP contribution in [0.4, 0.5) is 5.69 Å². The summed E-state index contributed by atoms with van der Waals surface area (Å²) in [6.07, 6.45) is 0.482. The van der Waals surface area contributed by atoms with Crippen molar-refractivity contribution in [3.8, 4) is 5.75 Å². The molecular formula is C11H18N2O3S. The van der Waals surface area contributed by atoms with E-state index in [9.17, 15) is 8.42 Å². The highest BCUT2D eigenvalue weighted by atomic mass is 32.2. The Labute approximate surface area is 102 Å². The van der Waals surface area contributed by atoms with E-state index in [1.54, 1.807) is 31.2 Å². The van der Waals surface area contributed by atoms with Crippen LogP contribution in [0.1, 0.15) is 13.3 Å². The lowest BCUT2D eigenvalue weighted by Crippen LogP contribution is -2.33. The molecule has 0 aromatic heterocycles. The van der Waals surface area contributed by atoms with Gasteiger partial charge in [0.05, 0.1) is 18.0 Å². The highest BCUT2D eigenvalue weighted by molar-refractivity contribution is 7.93. The zero-order chi connectivity index (χ0) is 12.9. The molecule has 0 aliphatic rings. The normalized spacial score (nSPS) is 13.1. The molecule has 0 bridgehead atoms. The molecular weight excluding hydrogens is 240 g/mol. The SMILES string of the molecule is CCC(CN)S(=O)(=O)Nc1cccc(OC)c1. The number of benzene rings is 1. The molecule has 17 heavy (non-hydrogen) atoms. The maximum absolute atomic E-state index is 11.9. The van der Waals surface area contributed by atoms with Crippen molar-refractivity contribution in [3.63, 3.8) is 0 Å². The Morgan fingerprint density at radius 1 is 1.47 bits per heavy atom. The van der Waals surface area contributed by atoms with E-state index in [0.717, 1.165) is 0 Å². The number of hydrogen-bond donors (Lipinski definition) is 2. The Bertz CT molecular complexity index is 456. The number of rotatable bonds is 6. The minimum atomic E-state index is -3.43. The van der Waals surface area contributed by atoms with E-state index < -0.39 is 15.3 Å². The second kappa shape index (κ2) is 5.88. The molecule has 0 radical (unpaired) electrons. The van der Waals surface area contributed by atoms with E-state index in [0.29, 0.717) is 17.9 Å². The first-order valence-corrected chi connectivity index (χ1v) is 6.94. The van der Waals surface area contributed by atoms with Crippen LogP contribution in [0, 0.1) is 0 Å². The van der Waals surface area contributed by atoms with Gasteiger partial charge in [-0.2, -0.15) is 0 Å². The Morgan fingerprint density at radius 2 is 2.18 bits per heavy atom. The van der Waals surface area contributed by atoms with Crippen LogP contribution in [0.25, 0.3) is 0 Å². The third kappa shape index (κ3) is 3.61. The molecule has 1 atom stereocenters. The van der Waals surface area contributed by atoms with E-state index in [1.807, 2.05) is 0 Å². The van der Waals surface area contributed by atoms with Crippen LogP contribution in [0.3, 0.4) is 0 Å². The van der Waals surface area contributed by atoms with Crippen LogP contribution >= 0.6 is 0 Å². The van der Waals surface area contributed by atoms with E-state index in [-0.39, 0.29) is 6.54 Å². The van der Waals surface area contributed by atoms with Crippen molar-refractivity contribution in [2.75, 3.05) is 18.4 Å². The molecule has 5 nitrogen and oxygen atoms in total. The van der Waals surface area contributed by atoms with Gasteiger partial charge >= 0.3 is 0 Å². The lowest BCUT2D eigenvalue weighted by molar-refractivity contribution is 0.415. The van der Waals surface area contributed by atoms with Crippen LogP contribution in [-0.2, 0) is 10.0 Å². The van der Waals surface area contributed by atoms with Gasteiger partial charge in [0.2, 0.25) is 10.0 Å². The first-order chi connectivity index (χ1) is 8.03. The molecule has 1 aromatic carbocycles. The van der Waals surface area contributed by atoms with Crippen molar-refractivity contribution in [2.24, 2.45) is 5.73 Å². The third-order valence-electron chi connectivity index (χ3n) is 2.49. The van der Waals surface area contributed by atoms with E-state index >= 15 is 0 Å². The third-order valence-corrected chi connectivity index (χ3v) is 4.41. The maximum Gasteiger partial charge on any atom is 0.236 e. The maximum atomic E-state index is 11.9. The Hall–Kier alpha value is -1.27. The standard InChI is InChI=1S/C11H18N2O3S/c1-3-11(8-12)17(14,15)13-9-5-4-6-10(7-9)16-2/h4-7,11,13H,3,8,12H2,1-2H3. The van der Waals surface area contributed by atoms with Crippen LogP contribution in [0.5, 0.6) is 5.75 Å². The predicted molar refractivity (Wildman–Crippen MR) is 68.7 cm³/mol. The summed E-state index contributed by atoms with van der Waals surface area (Å²) in [5.74, 6) is 0.603. The summed E-state index contributed by atoms with van der Waals surface area (Å²) >= 11 is 0. The lowest BCUT2D eigenvalue weighted by Gasteiger charge is -2.15. The summed E-state index contributed by atoms with van der Waals surface area (Å²) < 4.78 is 31.4. The minimum absolute atomic E-state index is 0.107. The topological polar surface area (TPSA) is 81.4 Å². The van der Waals surface area contributed by atoms with Gasteiger partial charge in [-0.15, -0.1) is 0 Å². The summed E-state index contributed by atoms with van der Waals surface area (Å²) in [4.78, 5) is 0. The van der Waals surface area contributed by atoms with Gasteiger partial charge in [0, 0.05) is 12.6 Å².